The number of anilines is 1. The molecule has 1 aromatic carbocycles. The number of carbonyl (C=O) groups excluding carboxylic acids is 1. The summed E-state index contributed by atoms with van der Waals surface area (Å²) in [4.78, 5) is 37.6. The molecule has 4 heterocycles. The summed E-state index contributed by atoms with van der Waals surface area (Å²) >= 11 is 12.0. The molecule has 0 unspecified atom stereocenters. The molecule has 32 heavy (non-hydrogen) atoms. The van der Waals surface area contributed by atoms with Gasteiger partial charge >= 0.3 is 0 Å². The van der Waals surface area contributed by atoms with Crippen LogP contribution in [0.1, 0.15) is 29.8 Å². The number of fused-ring (bicyclic) bond motifs is 6. The molecule has 0 bridgehead atoms. The van der Waals surface area contributed by atoms with E-state index in [-0.39, 0.29) is 26.6 Å². The van der Waals surface area contributed by atoms with Gasteiger partial charge in [0.1, 0.15) is 32.3 Å². The Hall–Kier alpha value is -3.23. The van der Waals surface area contributed by atoms with Gasteiger partial charge < -0.3 is 10.0 Å². The number of hydrogen-bond acceptors (Lipinski definition) is 7. The van der Waals surface area contributed by atoms with Crippen molar-refractivity contribution in [2.75, 3.05) is 18.0 Å². The topological polar surface area (TPSA) is 101 Å². The number of rotatable bonds is 1. The van der Waals surface area contributed by atoms with Gasteiger partial charge in [0, 0.05) is 18.5 Å². The van der Waals surface area contributed by atoms with Crippen molar-refractivity contribution < 1.29 is 9.90 Å². The lowest BCUT2D eigenvalue weighted by atomic mass is 10.1. The van der Waals surface area contributed by atoms with E-state index in [9.17, 15) is 14.7 Å². The number of para-hydroxylation sites is 1. The van der Waals surface area contributed by atoms with Crippen LogP contribution < -0.4 is 15.7 Å². The molecule has 0 saturated carbocycles. The normalized spacial score (nSPS) is 17.1. The Morgan fingerprint density at radius 2 is 1.72 bits per heavy atom. The van der Waals surface area contributed by atoms with Crippen molar-refractivity contribution in [3.8, 4) is 0 Å². The summed E-state index contributed by atoms with van der Waals surface area (Å²) in [7, 11) is 0. The maximum absolute atomic E-state index is 13.3. The Kier molecular flexibility index (Phi) is 4.18. The average Bonchev–Trinajstić information content (AvgIpc) is 3.21. The van der Waals surface area contributed by atoms with Gasteiger partial charge in [-0.15, -0.1) is 0 Å². The number of carbonyl (C=O) groups is 1. The van der Waals surface area contributed by atoms with Crippen molar-refractivity contribution in [3.05, 3.63) is 55.6 Å². The number of halogens is 2. The predicted molar refractivity (Wildman–Crippen MR) is 122 cm³/mol. The fourth-order valence-corrected chi connectivity index (χ4v) is 4.85. The molecule has 1 saturated heterocycles. The molecule has 4 aromatic rings. The maximum atomic E-state index is 13.3. The number of hydrogen-bond donors (Lipinski definition) is 1. The van der Waals surface area contributed by atoms with E-state index in [1.54, 1.807) is 0 Å². The van der Waals surface area contributed by atoms with Crippen molar-refractivity contribution >= 4 is 68.0 Å². The summed E-state index contributed by atoms with van der Waals surface area (Å²) in [5.41, 5.74) is 0.572. The second-order valence-corrected chi connectivity index (χ2v) is 8.66. The number of aliphatic hydroxyl groups excluding tert-OH is 1. The minimum Gasteiger partial charge on any atom is -0.505 e. The summed E-state index contributed by atoms with van der Waals surface area (Å²) in [5.74, 6) is -0.618. The molecular formula is C22H15Cl2N5O3. The monoisotopic (exact) mass is 467 g/mol. The van der Waals surface area contributed by atoms with Gasteiger partial charge in [0.2, 0.25) is 5.78 Å². The first kappa shape index (κ1) is 19.5. The Bertz CT molecular complexity index is 1640. The summed E-state index contributed by atoms with van der Waals surface area (Å²) in [6.07, 6.45) is 3.21. The van der Waals surface area contributed by atoms with Gasteiger partial charge in [-0.2, -0.15) is 9.61 Å². The molecule has 0 amide bonds. The van der Waals surface area contributed by atoms with Crippen molar-refractivity contribution in [3.63, 3.8) is 0 Å². The summed E-state index contributed by atoms with van der Waals surface area (Å²) in [6, 6.07) is 7.55. The minimum absolute atomic E-state index is 0.200. The Labute approximate surface area is 190 Å². The van der Waals surface area contributed by atoms with Crippen LogP contribution in [0.25, 0.3) is 33.2 Å². The zero-order valence-corrected chi connectivity index (χ0v) is 18.1. The zero-order chi connectivity index (χ0) is 22.1. The van der Waals surface area contributed by atoms with E-state index in [1.807, 2.05) is 24.3 Å². The largest absolute Gasteiger partial charge is 0.505 e. The molecule has 1 N–H and O–H groups in total. The van der Waals surface area contributed by atoms with Crippen LogP contribution in [0.15, 0.2) is 39.1 Å². The SMILES string of the molecule is O=C1C(Cl)=C(Cl)C(O)=c2c1nc1c3c(N4CCCCC4)nc4ccccc4c3nn1c2=O. The molecular weight excluding hydrogens is 453 g/mol. The van der Waals surface area contributed by atoms with Crippen LogP contribution in [-0.2, 0) is 0 Å². The number of nitrogens with zero attached hydrogens (tertiary/aromatic N) is 5. The quantitative estimate of drug-likeness (QED) is 0.458. The second kappa shape index (κ2) is 6.88. The number of allylic oxidation sites excluding steroid dienone is 1. The molecule has 160 valence electrons. The Morgan fingerprint density at radius 1 is 0.969 bits per heavy atom. The number of pyridine rings is 1. The van der Waals surface area contributed by atoms with Gasteiger partial charge in [0.05, 0.1) is 10.9 Å². The van der Waals surface area contributed by atoms with E-state index < -0.39 is 17.1 Å². The van der Waals surface area contributed by atoms with E-state index >= 15 is 0 Å². The zero-order valence-electron chi connectivity index (χ0n) is 16.6. The summed E-state index contributed by atoms with van der Waals surface area (Å²) in [6.45, 7) is 1.65. The number of Topliss-reactive ketones (excluding diaryl/α,β-unsaturated/α-hetero) is 1. The van der Waals surface area contributed by atoms with Crippen LogP contribution in [-0.4, -0.2) is 43.6 Å². The fourth-order valence-electron chi connectivity index (χ4n) is 4.49. The van der Waals surface area contributed by atoms with Gasteiger partial charge in [-0.1, -0.05) is 41.4 Å². The van der Waals surface area contributed by atoms with Crippen molar-refractivity contribution in [1.29, 1.82) is 0 Å². The van der Waals surface area contributed by atoms with Gasteiger partial charge in [0.15, 0.2) is 11.4 Å². The minimum atomic E-state index is -0.716. The van der Waals surface area contributed by atoms with E-state index in [1.165, 1.54) is 0 Å². The Balaban J connectivity index is 1.81. The van der Waals surface area contributed by atoms with Crippen LogP contribution >= 0.6 is 23.2 Å². The number of ketones is 1. The lowest BCUT2D eigenvalue weighted by Crippen LogP contribution is -2.41. The molecule has 0 atom stereocenters. The van der Waals surface area contributed by atoms with Crippen molar-refractivity contribution in [1.82, 2.24) is 19.6 Å². The van der Waals surface area contributed by atoms with Crippen LogP contribution in [0.4, 0.5) is 5.82 Å². The highest BCUT2D eigenvalue weighted by Crippen LogP contribution is 2.34. The first-order chi connectivity index (χ1) is 15.5. The van der Waals surface area contributed by atoms with Crippen molar-refractivity contribution in [2.24, 2.45) is 0 Å². The smallest absolute Gasteiger partial charge is 0.286 e. The summed E-state index contributed by atoms with van der Waals surface area (Å²) in [5, 5.41) is 15.3. The number of aromatic nitrogens is 4. The number of piperidine rings is 1. The predicted octanol–water partition coefficient (Wildman–Crippen LogP) is 3.05. The highest BCUT2D eigenvalue weighted by Gasteiger charge is 2.31. The third kappa shape index (κ3) is 2.53. The average molecular weight is 468 g/mol. The highest BCUT2D eigenvalue weighted by atomic mass is 35.5. The molecule has 6 rings (SSSR count). The third-order valence-corrected chi connectivity index (χ3v) is 6.86. The standard InChI is InChI=1S/C22H15Cl2N5O3/c23-14-15(24)19(31)17-12(18(14)30)22(32)29-21(26-17)13-16(27-29)10-6-2-3-7-11(10)25-20(13)28-8-4-1-5-9-28/h2-3,6-7,30H,1,4-5,8-9H2. The van der Waals surface area contributed by atoms with E-state index in [0.29, 0.717) is 16.7 Å². The second-order valence-electron chi connectivity index (χ2n) is 7.91. The van der Waals surface area contributed by atoms with Crippen molar-refractivity contribution in [2.45, 2.75) is 19.3 Å². The van der Waals surface area contributed by atoms with Crippen LogP contribution in [0.2, 0.25) is 0 Å². The molecule has 0 radical (unpaired) electrons. The fraction of sp³-hybridized carbons (Fsp3) is 0.227. The lowest BCUT2D eigenvalue weighted by molar-refractivity contribution is 0.103. The molecule has 10 heteroatoms. The van der Waals surface area contributed by atoms with Gasteiger partial charge in [-0.3, -0.25) is 9.59 Å². The first-order valence-corrected chi connectivity index (χ1v) is 11.0. The van der Waals surface area contributed by atoms with Crippen LogP contribution in [0.5, 0.6) is 0 Å². The van der Waals surface area contributed by atoms with Gasteiger partial charge in [0.25, 0.3) is 5.56 Å². The van der Waals surface area contributed by atoms with Crippen LogP contribution in [0.3, 0.4) is 0 Å². The van der Waals surface area contributed by atoms with Crippen LogP contribution in [0, 0.1) is 0 Å². The molecule has 1 fully saturated rings. The third-order valence-electron chi connectivity index (χ3n) is 6.04. The number of benzene rings is 1. The molecule has 2 aliphatic rings. The first-order valence-electron chi connectivity index (χ1n) is 10.2. The van der Waals surface area contributed by atoms with Gasteiger partial charge in [-0.25, -0.2) is 9.97 Å². The molecule has 1 aliphatic carbocycles. The molecule has 8 nitrogen and oxygen atoms in total. The molecule has 1 aliphatic heterocycles. The van der Waals surface area contributed by atoms with E-state index in [0.717, 1.165) is 47.8 Å². The lowest BCUT2D eigenvalue weighted by Gasteiger charge is -2.28. The number of aliphatic hydroxyl groups is 1. The summed E-state index contributed by atoms with van der Waals surface area (Å²) < 4.78 is 1.11. The highest BCUT2D eigenvalue weighted by molar-refractivity contribution is 6.53. The molecule has 3 aromatic heterocycles. The molecule has 0 spiro atoms. The van der Waals surface area contributed by atoms with Gasteiger partial charge in [-0.05, 0) is 25.3 Å². The van der Waals surface area contributed by atoms with E-state index in [4.69, 9.17) is 28.2 Å². The Morgan fingerprint density at radius 3 is 2.50 bits per heavy atom. The van der Waals surface area contributed by atoms with E-state index in [2.05, 4.69) is 15.0 Å². The maximum Gasteiger partial charge on any atom is 0.286 e.